The summed E-state index contributed by atoms with van der Waals surface area (Å²) in [6.45, 7) is 16.9. The SMILES string of the molecule is CC(C)(C)c1cc2cnc3ccccc3oc3ccccc3ncc3cc(C(C)(C)C)cc(cnc4ccccc4oc4ccccc4ncc(c1)c2O)c3O.Cc1ccccc1.Cc1ccccc1. The van der Waals surface area contributed by atoms with Gasteiger partial charge >= 0.3 is 0 Å². The van der Waals surface area contributed by atoms with E-state index < -0.39 is 0 Å². The predicted molar refractivity (Wildman–Crippen MR) is 290 cm³/mol. The molecule has 1 heterocycles. The number of aromatic hydroxyl groups is 2. The first-order chi connectivity index (χ1) is 33.6. The van der Waals surface area contributed by atoms with Gasteiger partial charge in [-0.25, -0.2) is 0 Å². The topological polar surface area (TPSA) is 118 Å². The van der Waals surface area contributed by atoms with Crippen molar-refractivity contribution < 1.29 is 19.0 Å². The second-order valence-electron chi connectivity index (χ2n) is 18.9. The number of hydrogen-bond donors (Lipinski definition) is 2. The summed E-state index contributed by atoms with van der Waals surface area (Å²) in [5.74, 6) is 0.0781. The molecular weight excluding hydrogens is 865 g/mol. The maximum absolute atomic E-state index is 11.6. The van der Waals surface area contributed by atoms with Gasteiger partial charge in [0.2, 0.25) is 0 Å². The Bertz CT molecular complexity index is 3160. The number of aromatic nitrogens is 4. The molecule has 1 aromatic heterocycles. The van der Waals surface area contributed by atoms with Gasteiger partial charge in [0.1, 0.15) is 33.6 Å². The molecule has 0 aliphatic carbocycles. The molecule has 8 heteroatoms. The molecule has 0 saturated heterocycles. The van der Waals surface area contributed by atoms with Gasteiger partial charge in [-0.1, -0.05) is 162 Å². The Labute approximate surface area is 410 Å². The van der Waals surface area contributed by atoms with Gasteiger partial charge in [-0.05, 0) is 109 Å². The fraction of sp³-hybridized carbons (Fsp3) is 0.161. The number of fused-ring (bicyclic) bond motifs is 8. The Morgan fingerprint density at radius 3 is 0.771 bits per heavy atom. The van der Waals surface area contributed by atoms with Crippen LogP contribution in [0.25, 0.3) is 65.9 Å². The second-order valence-corrected chi connectivity index (χ2v) is 18.9. The first-order valence-electron chi connectivity index (χ1n) is 23.3. The summed E-state index contributed by atoms with van der Waals surface area (Å²) < 4.78 is 12.9. The van der Waals surface area contributed by atoms with Crippen molar-refractivity contribution in [3.8, 4) is 11.5 Å². The average molecular weight is 925 g/mol. The highest BCUT2D eigenvalue weighted by Crippen LogP contribution is 2.33. The molecule has 0 unspecified atom stereocenters. The van der Waals surface area contributed by atoms with Gasteiger partial charge < -0.3 is 19.0 Å². The summed E-state index contributed by atoms with van der Waals surface area (Å²) in [7, 11) is 0. The van der Waals surface area contributed by atoms with E-state index in [1.165, 1.54) is 11.1 Å². The van der Waals surface area contributed by atoms with E-state index in [-0.39, 0.29) is 22.3 Å². The molecule has 0 aliphatic rings. The van der Waals surface area contributed by atoms with Gasteiger partial charge in [0.15, 0.2) is 22.3 Å². The largest absolute Gasteiger partial charge is 0.507 e. The molecule has 9 rings (SSSR count). The van der Waals surface area contributed by atoms with Crippen LogP contribution in [-0.2, 0) is 10.8 Å². The molecule has 8 nitrogen and oxygen atoms in total. The molecule has 2 N–H and O–H groups in total. The van der Waals surface area contributed by atoms with Gasteiger partial charge in [0.25, 0.3) is 0 Å². The van der Waals surface area contributed by atoms with Gasteiger partial charge in [-0.2, -0.15) is 0 Å². The molecule has 70 heavy (non-hydrogen) atoms. The van der Waals surface area contributed by atoms with E-state index in [1.807, 2.05) is 158 Å². The number of phenolic OH excluding ortho intramolecular Hbond substituents is 2. The maximum Gasteiger partial charge on any atom is 0.153 e. The molecule has 0 atom stereocenters. The molecule has 0 aliphatic heterocycles. The number of para-hydroxylation sites is 8. The van der Waals surface area contributed by atoms with Crippen LogP contribution in [-0.4, -0.2) is 30.1 Å². The number of hydrogen-bond acceptors (Lipinski definition) is 8. The summed E-state index contributed by atoms with van der Waals surface area (Å²) in [4.78, 5) is 19.2. The van der Waals surface area contributed by atoms with Gasteiger partial charge in [0.05, 0.1) is 0 Å². The van der Waals surface area contributed by atoms with Crippen LogP contribution in [0.3, 0.4) is 0 Å². The first-order valence-corrected chi connectivity index (χ1v) is 23.3. The van der Waals surface area contributed by atoms with E-state index >= 15 is 0 Å². The third-order valence-corrected chi connectivity index (χ3v) is 11.2. The lowest BCUT2D eigenvalue weighted by atomic mass is 9.86. The molecule has 0 amide bonds. The van der Waals surface area contributed by atoms with Crippen LogP contribution in [0.15, 0.2) is 216 Å². The highest BCUT2D eigenvalue weighted by molar-refractivity contribution is 5.84. The number of phenols is 2. The summed E-state index contributed by atoms with van der Waals surface area (Å²) in [5, 5.41) is 25.3. The quantitative estimate of drug-likeness (QED) is 0.154. The average Bonchev–Trinajstić information content (AvgIpc) is 3.34. The van der Waals surface area contributed by atoms with Crippen LogP contribution in [0.1, 0.15) is 63.8 Å². The maximum atomic E-state index is 11.6. The molecule has 0 fully saturated rings. The summed E-state index contributed by atoms with van der Waals surface area (Å²) in [6.07, 6.45) is 6.57. The van der Waals surface area contributed by atoms with Crippen molar-refractivity contribution in [3.63, 3.8) is 0 Å². The van der Waals surface area contributed by atoms with E-state index in [0.29, 0.717) is 65.9 Å². The lowest BCUT2D eigenvalue weighted by Gasteiger charge is -2.19. The van der Waals surface area contributed by atoms with Crippen molar-refractivity contribution in [2.45, 2.75) is 66.2 Å². The zero-order chi connectivity index (χ0) is 49.7. The van der Waals surface area contributed by atoms with Gasteiger partial charge in [-0.3, -0.25) is 19.9 Å². The molecule has 0 spiro atoms. The fourth-order valence-electron chi connectivity index (χ4n) is 7.08. The third-order valence-electron chi connectivity index (χ3n) is 11.2. The number of rotatable bonds is 0. The Hall–Kier alpha value is -8.36. The Balaban J connectivity index is 0.000000442. The number of nitrogens with zero attached hydrogens (tertiary/aromatic N) is 4. The van der Waals surface area contributed by atoms with Crippen LogP contribution in [0, 0.1) is 13.8 Å². The summed E-state index contributed by atoms with van der Waals surface area (Å²) in [6, 6.07) is 58.1. The van der Waals surface area contributed by atoms with Gasteiger partial charge in [0, 0.05) is 46.3 Å². The molecule has 9 aromatic rings. The zero-order valence-electron chi connectivity index (χ0n) is 41.1. The Morgan fingerprint density at radius 1 is 0.329 bits per heavy atom. The van der Waals surface area contributed by atoms with Crippen molar-refractivity contribution in [1.82, 2.24) is 19.9 Å². The highest BCUT2D eigenvalue weighted by atomic mass is 16.3. The number of benzene rings is 8. The fourth-order valence-corrected chi connectivity index (χ4v) is 7.08. The second kappa shape index (κ2) is 22.6. The predicted octanol–water partition coefficient (Wildman–Crippen LogP) is 16.4. The minimum atomic E-state index is -0.233. The third kappa shape index (κ3) is 13.4. The normalized spacial score (nSPS) is 11.0. The van der Waals surface area contributed by atoms with E-state index in [0.717, 1.165) is 11.1 Å². The Kier molecular flexibility index (Phi) is 16.0. The van der Waals surface area contributed by atoms with Crippen molar-refractivity contribution in [3.05, 3.63) is 229 Å². The van der Waals surface area contributed by atoms with E-state index in [4.69, 9.17) is 28.8 Å². The van der Waals surface area contributed by atoms with Crippen molar-refractivity contribution in [2.75, 3.05) is 0 Å². The molecule has 8 aromatic carbocycles. The minimum absolute atomic E-state index is 0.0391. The molecule has 4 bridgehead atoms. The standard InChI is InChI=1S/C48H44N4O4.2C7H8/c1-47(2,3)35-23-31-27-49-37-15-7-11-19-41(37)55-43-21-13-9-17-39(43)51-29-33-25-36(48(4,5)6)26-34(46(33)54)30-52-40-18-10-14-22-44(40)56-42-20-12-8-16-38(42)50-28-32(24-35)45(31)53;2*1-7-5-3-2-4-6-7/h7-30,53-54H,1-6H3;2*2-6H,1H3. The molecule has 0 radical (unpaired) electrons. The Morgan fingerprint density at radius 2 is 0.557 bits per heavy atom. The minimum Gasteiger partial charge on any atom is -0.507 e. The first kappa shape index (κ1) is 49.5. The van der Waals surface area contributed by atoms with Crippen molar-refractivity contribution in [2.24, 2.45) is 0 Å². The van der Waals surface area contributed by atoms with E-state index in [1.54, 1.807) is 24.8 Å². The van der Waals surface area contributed by atoms with E-state index in [2.05, 4.69) is 79.7 Å². The van der Waals surface area contributed by atoms with Crippen molar-refractivity contribution >= 4 is 65.9 Å². The summed E-state index contributed by atoms with van der Waals surface area (Å²) >= 11 is 0. The van der Waals surface area contributed by atoms with Gasteiger partial charge in [-0.15, -0.1) is 0 Å². The van der Waals surface area contributed by atoms with Crippen molar-refractivity contribution in [1.29, 1.82) is 0 Å². The molecule has 0 saturated carbocycles. The molecule has 352 valence electrons. The van der Waals surface area contributed by atoms with Crippen LogP contribution in [0.2, 0.25) is 0 Å². The summed E-state index contributed by atoms with van der Waals surface area (Å²) in [5.41, 5.74) is 8.41. The molecular formula is C62H60N4O4. The van der Waals surface area contributed by atoms with Crippen LogP contribution >= 0.6 is 0 Å². The number of aryl methyl sites for hydroxylation is 2. The lowest BCUT2D eigenvalue weighted by Crippen LogP contribution is -2.10. The van der Waals surface area contributed by atoms with E-state index in [9.17, 15) is 10.2 Å². The zero-order valence-corrected chi connectivity index (χ0v) is 41.1. The van der Waals surface area contributed by atoms with Crippen LogP contribution < -0.4 is 0 Å². The highest BCUT2D eigenvalue weighted by Gasteiger charge is 2.17. The van der Waals surface area contributed by atoms with Crippen LogP contribution in [0.4, 0.5) is 0 Å². The monoisotopic (exact) mass is 924 g/mol. The smallest absolute Gasteiger partial charge is 0.153 e. The lowest BCUT2D eigenvalue weighted by molar-refractivity contribution is 0.485. The van der Waals surface area contributed by atoms with Crippen LogP contribution in [0.5, 0.6) is 11.5 Å².